The number of fused-ring (bicyclic) bond motifs is 2. The summed E-state index contributed by atoms with van der Waals surface area (Å²) in [6.45, 7) is 0. The van der Waals surface area contributed by atoms with Crippen molar-refractivity contribution in [3.8, 4) is 0 Å². The fourth-order valence-corrected chi connectivity index (χ4v) is 4.19. The van der Waals surface area contributed by atoms with E-state index in [-0.39, 0.29) is 6.10 Å². The highest BCUT2D eigenvalue weighted by Crippen LogP contribution is 2.35. The molecule has 2 heterocycles. The van der Waals surface area contributed by atoms with Crippen molar-refractivity contribution in [2.24, 2.45) is 0 Å². The van der Waals surface area contributed by atoms with E-state index in [0.29, 0.717) is 18.2 Å². The maximum Gasteiger partial charge on any atom is 0.108 e. The maximum atomic E-state index is 6.60. The van der Waals surface area contributed by atoms with Gasteiger partial charge in [0.15, 0.2) is 0 Å². The molecule has 24 heavy (non-hydrogen) atoms. The lowest BCUT2D eigenvalue weighted by atomic mass is 9.98. The van der Waals surface area contributed by atoms with Crippen LogP contribution in [0.2, 0.25) is 10.0 Å². The van der Waals surface area contributed by atoms with Crippen LogP contribution in [0.1, 0.15) is 42.9 Å². The number of ether oxygens (including phenoxy) is 1. The monoisotopic (exact) mass is 361 g/mol. The van der Waals surface area contributed by atoms with Gasteiger partial charge in [-0.15, -0.1) is 0 Å². The van der Waals surface area contributed by atoms with Crippen molar-refractivity contribution in [2.75, 3.05) is 0 Å². The van der Waals surface area contributed by atoms with Crippen molar-refractivity contribution in [3.05, 3.63) is 69.7 Å². The van der Waals surface area contributed by atoms with Gasteiger partial charge in [0.2, 0.25) is 0 Å². The third-order valence-corrected chi connectivity index (χ3v) is 5.61. The Kier molecular flexibility index (Phi) is 4.82. The maximum absolute atomic E-state index is 6.60. The SMILES string of the molecule is Clc1ccc(C(OC2CC3CCC(C2)N3)c2ccc(Cl)cc2)cc1. The van der Waals surface area contributed by atoms with Gasteiger partial charge in [-0.2, -0.15) is 0 Å². The number of halogens is 2. The molecule has 2 bridgehead atoms. The van der Waals surface area contributed by atoms with Gasteiger partial charge in [0, 0.05) is 22.1 Å². The summed E-state index contributed by atoms with van der Waals surface area (Å²) in [5.41, 5.74) is 2.26. The van der Waals surface area contributed by atoms with Crippen LogP contribution < -0.4 is 5.32 Å². The Labute approximate surface area is 153 Å². The molecule has 2 aromatic rings. The fraction of sp³-hybridized carbons (Fsp3) is 0.400. The second kappa shape index (κ2) is 7.05. The van der Waals surface area contributed by atoms with E-state index in [1.54, 1.807) is 0 Å². The standard InChI is InChI=1S/C20H21Cl2NO/c21-15-5-1-13(2-6-15)20(14-3-7-16(22)8-4-14)24-19-11-17-9-10-18(12-19)23-17/h1-8,17-20,23H,9-12H2. The zero-order valence-corrected chi connectivity index (χ0v) is 14.9. The minimum Gasteiger partial charge on any atom is -0.365 e. The van der Waals surface area contributed by atoms with Gasteiger partial charge < -0.3 is 10.1 Å². The van der Waals surface area contributed by atoms with E-state index in [0.717, 1.165) is 34.0 Å². The van der Waals surface area contributed by atoms with E-state index in [1.165, 1.54) is 12.8 Å². The molecule has 2 aliphatic heterocycles. The van der Waals surface area contributed by atoms with Gasteiger partial charge in [-0.3, -0.25) is 0 Å². The second-order valence-corrected chi connectivity index (χ2v) is 7.72. The lowest BCUT2D eigenvalue weighted by molar-refractivity contribution is -0.0181. The number of nitrogens with one attached hydrogen (secondary N) is 1. The highest BCUT2D eigenvalue weighted by Gasteiger charge is 2.35. The van der Waals surface area contributed by atoms with E-state index in [4.69, 9.17) is 27.9 Å². The Bertz CT molecular complexity index is 628. The Balaban J connectivity index is 1.60. The van der Waals surface area contributed by atoms with Crippen molar-refractivity contribution in [3.63, 3.8) is 0 Å². The van der Waals surface area contributed by atoms with Crippen molar-refractivity contribution >= 4 is 23.2 Å². The average Bonchev–Trinajstić information content (AvgIpc) is 2.93. The van der Waals surface area contributed by atoms with Crippen molar-refractivity contribution < 1.29 is 4.74 Å². The van der Waals surface area contributed by atoms with Crippen LogP contribution in [0.15, 0.2) is 48.5 Å². The summed E-state index contributed by atoms with van der Waals surface area (Å²) in [5, 5.41) is 5.16. The first-order valence-electron chi connectivity index (χ1n) is 8.60. The first kappa shape index (κ1) is 16.4. The predicted octanol–water partition coefficient (Wildman–Crippen LogP) is 5.38. The Morgan fingerprint density at radius 2 is 1.25 bits per heavy atom. The van der Waals surface area contributed by atoms with Gasteiger partial charge >= 0.3 is 0 Å². The molecule has 2 fully saturated rings. The van der Waals surface area contributed by atoms with Crippen molar-refractivity contribution in [1.29, 1.82) is 0 Å². The minimum absolute atomic E-state index is 0.0815. The molecule has 4 heteroatoms. The van der Waals surface area contributed by atoms with Gasteiger partial charge in [0.25, 0.3) is 0 Å². The molecule has 0 radical (unpaired) electrons. The third-order valence-electron chi connectivity index (χ3n) is 5.10. The molecule has 0 saturated carbocycles. The zero-order chi connectivity index (χ0) is 16.5. The molecule has 0 aliphatic carbocycles. The third kappa shape index (κ3) is 3.62. The van der Waals surface area contributed by atoms with E-state index < -0.39 is 0 Å². The summed E-state index contributed by atoms with van der Waals surface area (Å²) in [6.07, 6.45) is 4.94. The summed E-state index contributed by atoms with van der Waals surface area (Å²) < 4.78 is 6.60. The molecular weight excluding hydrogens is 341 g/mol. The van der Waals surface area contributed by atoms with Crippen LogP contribution in [0.5, 0.6) is 0 Å². The van der Waals surface area contributed by atoms with Crippen LogP contribution in [-0.2, 0) is 4.74 Å². The molecule has 126 valence electrons. The van der Waals surface area contributed by atoms with Crippen LogP contribution >= 0.6 is 23.2 Å². The highest BCUT2D eigenvalue weighted by molar-refractivity contribution is 6.30. The number of hydrogen-bond acceptors (Lipinski definition) is 2. The van der Waals surface area contributed by atoms with Gasteiger partial charge in [0.05, 0.1) is 6.10 Å². The van der Waals surface area contributed by atoms with Crippen molar-refractivity contribution in [2.45, 2.75) is 50.0 Å². The summed E-state index contributed by atoms with van der Waals surface area (Å²) in [5.74, 6) is 0. The predicted molar refractivity (Wildman–Crippen MR) is 98.8 cm³/mol. The van der Waals surface area contributed by atoms with E-state index in [2.05, 4.69) is 29.6 Å². The molecule has 1 N–H and O–H groups in total. The average molecular weight is 362 g/mol. The van der Waals surface area contributed by atoms with Gasteiger partial charge in [-0.05, 0) is 61.1 Å². The minimum atomic E-state index is -0.0815. The first-order chi connectivity index (χ1) is 11.7. The smallest absolute Gasteiger partial charge is 0.108 e. The number of benzene rings is 2. The molecule has 2 nitrogen and oxygen atoms in total. The molecule has 2 unspecified atom stereocenters. The summed E-state index contributed by atoms with van der Waals surface area (Å²) in [7, 11) is 0. The molecule has 4 rings (SSSR count). The van der Waals surface area contributed by atoms with Crippen LogP contribution in [0, 0.1) is 0 Å². The topological polar surface area (TPSA) is 21.3 Å². The number of rotatable bonds is 4. The summed E-state index contributed by atoms with van der Waals surface area (Å²) in [4.78, 5) is 0. The summed E-state index contributed by atoms with van der Waals surface area (Å²) >= 11 is 12.1. The van der Waals surface area contributed by atoms with Crippen LogP contribution in [0.4, 0.5) is 0 Å². The number of hydrogen-bond donors (Lipinski definition) is 1. The molecule has 2 aliphatic rings. The lowest BCUT2D eigenvalue weighted by Crippen LogP contribution is -2.41. The Morgan fingerprint density at radius 1 is 0.792 bits per heavy atom. The van der Waals surface area contributed by atoms with Crippen LogP contribution in [0.3, 0.4) is 0 Å². The normalized spacial score (nSPS) is 26.0. The molecule has 0 spiro atoms. The zero-order valence-electron chi connectivity index (χ0n) is 13.4. The second-order valence-electron chi connectivity index (χ2n) is 6.85. The highest BCUT2D eigenvalue weighted by atomic mass is 35.5. The van der Waals surface area contributed by atoms with E-state index in [1.807, 2.05) is 24.3 Å². The number of piperidine rings is 1. The summed E-state index contributed by atoms with van der Waals surface area (Å²) in [6, 6.07) is 17.1. The fourth-order valence-electron chi connectivity index (χ4n) is 3.93. The van der Waals surface area contributed by atoms with Crippen LogP contribution in [0.25, 0.3) is 0 Å². The molecule has 2 atom stereocenters. The Hall–Kier alpha value is -1.06. The van der Waals surface area contributed by atoms with Crippen molar-refractivity contribution in [1.82, 2.24) is 5.32 Å². The first-order valence-corrected chi connectivity index (χ1v) is 9.35. The van der Waals surface area contributed by atoms with Crippen LogP contribution in [-0.4, -0.2) is 18.2 Å². The quantitative estimate of drug-likeness (QED) is 0.788. The molecular formula is C20H21Cl2NO. The van der Waals surface area contributed by atoms with E-state index in [9.17, 15) is 0 Å². The molecule has 0 amide bonds. The molecule has 2 aromatic carbocycles. The molecule has 0 aromatic heterocycles. The van der Waals surface area contributed by atoms with Gasteiger partial charge in [-0.1, -0.05) is 47.5 Å². The Morgan fingerprint density at radius 3 is 1.71 bits per heavy atom. The van der Waals surface area contributed by atoms with Gasteiger partial charge in [0.1, 0.15) is 6.10 Å². The van der Waals surface area contributed by atoms with E-state index >= 15 is 0 Å². The largest absolute Gasteiger partial charge is 0.365 e. The molecule has 2 saturated heterocycles. The lowest BCUT2D eigenvalue weighted by Gasteiger charge is -2.32. The van der Waals surface area contributed by atoms with Gasteiger partial charge in [-0.25, -0.2) is 0 Å².